The van der Waals surface area contributed by atoms with Gasteiger partial charge in [0.2, 0.25) is 5.91 Å². The van der Waals surface area contributed by atoms with Crippen LogP contribution in [0.2, 0.25) is 0 Å². The van der Waals surface area contributed by atoms with E-state index in [1.165, 1.54) is 41.3 Å². The van der Waals surface area contributed by atoms with Crippen LogP contribution in [-0.2, 0) is 26.0 Å². The van der Waals surface area contributed by atoms with Crippen LogP contribution < -0.4 is 9.62 Å². The van der Waals surface area contributed by atoms with Crippen LogP contribution in [-0.4, -0.2) is 43.0 Å². The van der Waals surface area contributed by atoms with Gasteiger partial charge in [-0.1, -0.05) is 6.07 Å². The first-order valence-corrected chi connectivity index (χ1v) is 10.6. The zero-order chi connectivity index (χ0) is 22.1. The predicted molar refractivity (Wildman–Crippen MR) is 108 cm³/mol. The Morgan fingerprint density at radius 2 is 1.80 bits per heavy atom. The molecule has 10 heteroatoms. The molecule has 0 saturated carbocycles. The van der Waals surface area contributed by atoms with Crippen LogP contribution in [0.15, 0.2) is 41.3 Å². The van der Waals surface area contributed by atoms with Crippen LogP contribution in [0.1, 0.15) is 34.3 Å². The van der Waals surface area contributed by atoms with Crippen LogP contribution in [0, 0.1) is 6.92 Å². The van der Waals surface area contributed by atoms with E-state index in [-0.39, 0.29) is 34.9 Å². The van der Waals surface area contributed by atoms with Crippen molar-refractivity contribution >= 4 is 39.2 Å². The molecule has 1 amide bonds. The predicted octanol–water partition coefficient (Wildman–Crippen LogP) is 2.25. The minimum Gasteiger partial charge on any atom is -0.481 e. The maximum atomic E-state index is 12.8. The number of aromatic carboxylic acids is 1. The molecule has 0 fully saturated rings. The third-order valence-corrected chi connectivity index (χ3v) is 6.20. The lowest BCUT2D eigenvalue weighted by Gasteiger charge is -2.17. The molecule has 1 aliphatic rings. The topological polar surface area (TPSA) is 141 Å². The SMILES string of the molecule is Cc1ccc(C(=O)O)cc1NS(=O)(=O)c1ccc2c(c1)CCN2C(=O)CCC(=O)O. The van der Waals surface area contributed by atoms with Crippen molar-refractivity contribution in [1.82, 2.24) is 0 Å². The molecule has 0 bridgehead atoms. The quantitative estimate of drug-likeness (QED) is 0.609. The first-order chi connectivity index (χ1) is 14.1. The summed E-state index contributed by atoms with van der Waals surface area (Å²) in [6, 6.07) is 8.52. The molecule has 0 saturated heterocycles. The number of amides is 1. The van der Waals surface area contributed by atoms with E-state index < -0.39 is 22.0 Å². The lowest BCUT2D eigenvalue weighted by Crippen LogP contribution is -2.29. The summed E-state index contributed by atoms with van der Waals surface area (Å²) in [6.45, 7) is 2.01. The largest absolute Gasteiger partial charge is 0.481 e. The molecule has 2 aromatic carbocycles. The Morgan fingerprint density at radius 3 is 2.47 bits per heavy atom. The molecule has 2 aromatic rings. The van der Waals surface area contributed by atoms with Crippen LogP contribution in [0.25, 0.3) is 0 Å². The number of fused-ring (bicyclic) bond motifs is 1. The van der Waals surface area contributed by atoms with Gasteiger partial charge in [-0.3, -0.25) is 14.3 Å². The van der Waals surface area contributed by atoms with Gasteiger partial charge in [-0.15, -0.1) is 0 Å². The minimum absolute atomic E-state index is 0.0128. The first kappa shape index (κ1) is 21.3. The van der Waals surface area contributed by atoms with Crippen molar-refractivity contribution in [1.29, 1.82) is 0 Å². The fourth-order valence-electron chi connectivity index (χ4n) is 3.22. The van der Waals surface area contributed by atoms with Crippen LogP contribution in [0.4, 0.5) is 11.4 Å². The molecular formula is C20H20N2O7S. The molecule has 30 heavy (non-hydrogen) atoms. The minimum atomic E-state index is -3.98. The Kier molecular flexibility index (Phi) is 5.79. The Bertz CT molecular complexity index is 1140. The van der Waals surface area contributed by atoms with E-state index in [1.807, 2.05) is 0 Å². The number of rotatable bonds is 7. The number of benzene rings is 2. The molecule has 0 spiro atoms. The number of nitrogens with zero attached hydrogens (tertiary/aromatic N) is 1. The monoisotopic (exact) mass is 432 g/mol. The highest BCUT2D eigenvalue weighted by atomic mass is 32.2. The Balaban J connectivity index is 1.84. The molecular weight excluding hydrogens is 412 g/mol. The van der Waals surface area contributed by atoms with E-state index in [2.05, 4.69) is 4.72 Å². The number of hydrogen-bond donors (Lipinski definition) is 3. The van der Waals surface area contributed by atoms with E-state index in [4.69, 9.17) is 10.2 Å². The zero-order valence-corrected chi connectivity index (χ0v) is 16.9. The van der Waals surface area contributed by atoms with Crippen LogP contribution in [0.3, 0.4) is 0 Å². The van der Waals surface area contributed by atoms with Crippen molar-refractivity contribution in [3.05, 3.63) is 53.1 Å². The second-order valence-electron chi connectivity index (χ2n) is 6.92. The van der Waals surface area contributed by atoms with Crippen molar-refractivity contribution in [2.24, 2.45) is 0 Å². The van der Waals surface area contributed by atoms with Crippen LogP contribution >= 0.6 is 0 Å². The van der Waals surface area contributed by atoms with Gasteiger partial charge in [-0.2, -0.15) is 0 Å². The molecule has 0 aromatic heterocycles. The maximum Gasteiger partial charge on any atom is 0.335 e. The molecule has 0 unspecified atom stereocenters. The zero-order valence-electron chi connectivity index (χ0n) is 16.1. The highest BCUT2D eigenvalue weighted by molar-refractivity contribution is 7.92. The summed E-state index contributed by atoms with van der Waals surface area (Å²) in [4.78, 5) is 35.5. The lowest BCUT2D eigenvalue weighted by molar-refractivity contribution is -0.138. The molecule has 158 valence electrons. The summed E-state index contributed by atoms with van der Waals surface area (Å²) in [5.41, 5.74) is 1.93. The Hall–Kier alpha value is -3.40. The van der Waals surface area contributed by atoms with Crippen LogP contribution in [0.5, 0.6) is 0 Å². The summed E-state index contributed by atoms with van der Waals surface area (Å²) in [7, 11) is -3.98. The van der Waals surface area contributed by atoms with E-state index in [9.17, 15) is 22.8 Å². The number of sulfonamides is 1. The fourth-order valence-corrected chi connectivity index (χ4v) is 4.39. The van der Waals surface area contributed by atoms with E-state index in [1.54, 1.807) is 6.92 Å². The second kappa shape index (κ2) is 8.15. The van der Waals surface area contributed by atoms with Crippen molar-refractivity contribution in [3.8, 4) is 0 Å². The summed E-state index contributed by atoms with van der Waals surface area (Å²) in [5.74, 6) is -2.55. The van der Waals surface area contributed by atoms with Gasteiger partial charge in [0.05, 0.1) is 22.6 Å². The first-order valence-electron chi connectivity index (χ1n) is 9.10. The van der Waals surface area contributed by atoms with Gasteiger partial charge < -0.3 is 15.1 Å². The standard InChI is InChI=1S/C20H20N2O7S/c1-12-2-3-14(20(26)27)11-16(12)21-30(28,29)15-4-5-17-13(10-15)8-9-22(17)18(23)6-7-19(24)25/h2-5,10-11,21H,6-9H2,1H3,(H,24,25)(H,26,27). The van der Waals surface area contributed by atoms with Crippen molar-refractivity contribution in [3.63, 3.8) is 0 Å². The van der Waals surface area contributed by atoms with E-state index in [0.717, 1.165) is 0 Å². The Morgan fingerprint density at radius 1 is 1.07 bits per heavy atom. The maximum absolute atomic E-state index is 12.8. The molecule has 1 aliphatic heterocycles. The number of carboxylic acid groups (broad SMARTS) is 2. The highest BCUT2D eigenvalue weighted by Crippen LogP contribution is 2.31. The van der Waals surface area contributed by atoms with Crippen molar-refractivity contribution in [2.45, 2.75) is 31.1 Å². The van der Waals surface area contributed by atoms with Crippen molar-refractivity contribution < 1.29 is 33.0 Å². The third kappa shape index (κ3) is 4.43. The molecule has 9 nitrogen and oxygen atoms in total. The number of carboxylic acids is 2. The molecule has 1 heterocycles. The summed E-state index contributed by atoms with van der Waals surface area (Å²) in [5, 5.41) is 17.9. The summed E-state index contributed by atoms with van der Waals surface area (Å²) in [6.07, 6.45) is 0.0520. The van der Waals surface area contributed by atoms with Gasteiger partial charge in [-0.25, -0.2) is 13.2 Å². The number of carbonyl (C=O) groups excluding carboxylic acids is 1. The van der Waals surface area contributed by atoms with E-state index >= 15 is 0 Å². The Labute approximate surface area is 173 Å². The smallest absolute Gasteiger partial charge is 0.335 e. The van der Waals surface area contributed by atoms with Crippen molar-refractivity contribution in [2.75, 3.05) is 16.2 Å². The second-order valence-corrected chi connectivity index (χ2v) is 8.60. The number of aliphatic carboxylic acids is 1. The summed E-state index contributed by atoms with van der Waals surface area (Å²) < 4.78 is 28.1. The molecule has 0 aliphatic carbocycles. The van der Waals surface area contributed by atoms with Gasteiger partial charge in [0.15, 0.2) is 0 Å². The van der Waals surface area contributed by atoms with Gasteiger partial charge in [0.25, 0.3) is 10.0 Å². The number of anilines is 2. The number of hydrogen-bond acceptors (Lipinski definition) is 5. The lowest BCUT2D eigenvalue weighted by atomic mass is 10.1. The van der Waals surface area contributed by atoms with Gasteiger partial charge in [0, 0.05) is 18.7 Å². The average molecular weight is 432 g/mol. The third-order valence-electron chi connectivity index (χ3n) is 4.84. The normalized spacial score (nSPS) is 13.0. The van der Waals surface area contributed by atoms with Gasteiger partial charge in [0.1, 0.15) is 0 Å². The van der Waals surface area contributed by atoms with E-state index in [0.29, 0.717) is 29.8 Å². The molecule has 3 rings (SSSR count). The summed E-state index contributed by atoms with van der Waals surface area (Å²) >= 11 is 0. The number of carbonyl (C=O) groups is 3. The molecule has 0 radical (unpaired) electrons. The molecule has 3 N–H and O–H groups in total. The number of aryl methyl sites for hydroxylation is 1. The molecule has 0 atom stereocenters. The number of nitrogens with one attached hydrogen (secondary N) is 1. The van der Waals surface area contributed by atoms with Gasteiger partial charge in [-0.05, 0) is 54.8 Å². The highest BCUT2D eigenvalue weighted by Gasteiger charge is 2.27. The fraction of sp³-hybridized carbons (Fsp3) is 0.250. The van der Waals surface area contributed by atoms with Gasteiger partial charge >= 0.3 is 11.9 Å². The average Bonchev–Trinajstić information content (AvgIpc) is 3.10.